The molecule has 1 heterocycles. The Kier molecular flexibility index (Phi) is 6.11. The third-order valence-corrected chi connectivity index (χ3v) is 3.06. The van der Waals surface area contributed by atoms with Crippen LogP contribution in [0.25, 0.3) is 0 Å². The molecule has 0 amide bonds. The largest absolute Gasteiger partial charge is 0.396 e. The van der Waals surface area contributed by atoms with Gasteiger partial charge in [0.05, 0.1) is 0 Å². The fourth-order valence-corrected chi connectivity index (χ4v) is 2.06. The smallest absolute Gasteiger partial charge is 0.156 e. The van der Waals surface area contributed by atoms with Crippen LogP contribution in [-0.2, 0) is 0 Å². The van der Waals surface area contributed by atoms with Gasteiger partial charge in [-0.05, 0) is 18.6 Å². The fraction of sp³-hybridized carbons (Fsp3) is 0.600. The van der Waals surface area contributed by atoms with E-state index in [1.54, 1.807) is 24.2 Å². The zero-order valence-electron chi connectivity index (χ0n) is 8.72. The Balaban J connectivity index is 2.12. The molecule has 4 nitrogen and oxygen atoms in total. The van der Waals surface area contributed by atoms with E-state index in [4.69, 9.17) is 10.8 Å². The van der Waals surface area contributed by atoms with E-state index in [0.717, 1.165) is 36.5 Å². The van der Waals surface area contributed by atoms with Gasteiger partial charge in [0.1, 0.15) is 5.03 Å². The number of anilines is 1. The summed E-state index contributed by atoms with van der Waals surface area (Å²) in [6, 6.07) is 0. The quantitative estimate of drug-likeness (QED) is 0.548. The summed E-state index contributed by atoms with van der Waals surface area (Å²) in [5.74, 6) is 1.52. The molecule has 1 aromatic rings. The molecule has 3 N–H and O–H groups in total. The first kappa shape index (κ1) is 12.3. The van der Waals surface area contributed by atoms with Crippen LogP contribution in [0, 0.1) is 0 Å². The van der Waals surface area contributed by atoms with Crippen LogP contribution in [-0.4, -0.2) is 27.4 Å². The maximum absolute atomic E-state index is 8.60. The molecule has 0 atom stereocenters. The van der Waals surface area contributed by atoms with E-state index in [-0.39, 0.29) is 0 Å². The second-order valence-corrected chi connectivity index (χ2v) is 4.32. The predicted octanol–water partition coefficient (Wildman–Crippen LogP) is 1.70. The van der Waals surface area contributed by atoms with Crippen molar-refractivity contribution in [2.24, 2.45) is 0 Å². The van der Waals surface area contributed by atoms with Gasteiger partial charge in [0.25, 0.3) is 0 Å². The first-order valence-corrected chi connectivity index (χ1v) is 6.13. The van der Waals surface area contributed by atoms with E-state index in [9.17, 15) is 0 Å². The molecule has 0 spiro atoms. The molecule has 0 radical (unpaired) electrons. The monoisotopic (exact) mass is 227 g/mol. The van der Waals surface area contributed by atoms with Crippen LogP contribution in [0.15, 0.2) is 17.4 Å². The molecule has 0 saturated carbocycles. The highest BCUT2D eigenvalue weighted by molar-refractivity contribution is 7.99. The number of nitrogens with zero attached hydrogens (tertiary/aromatic N) is 2. The summed E-state index contributed by atoms with van der Waals surface area (Å²) in [5, 5.41) is 9.42. The minimum atomic E-state index is 0.296. The molecule has 0 fully saturated rings. The number of aliphatic hydroxyl groups excluding tert-OH is 1. The van der Waals surface area contributed by atoms with Crippen molar-refractivity contribution in [3.8, 4) is 0 Å². The number of nitrogens with two attached hydrogens (primary N) is 1. The van der Waals surface area contributed by atoms with Crippen LogP contribution < -0.4 is 5.73 Å². The highest BCUT2D eigenvalue weighted by Crippen LogP contribution is 2.21. The van der Waals surface area contributed by atoms with Crippen LogP contribution in [0.4, 0.5) is 5.82 Å². The number of thioether (sulfide) groups is 1. The lowest BCUT2D eigenvalue weighted by molar-refractivity contribution is 0.283. The number of nitrogen functional groups attached to an aromatic ring is 1. The normalized spacial score (nSPS) is 10.5. The Hall–Kier alpha value is -0.810. The fourth-order valence-electron chi connectivity index (χ4n) is 1.18. The third kappa shape index (κ3) is 4.99. The van der Waals surface area contributed by atoms with Gasteiger partial charge in [-0.3, -0.25) is 0 Å². The second kappa shape index (κ2) is 7.48. The van der Waals surface area contributed by atoms with Gasteiger partial charge in [0.15, 0.2) is 5.82 Å². The molecule has 0 saturated heterocycles. The van der Waals surface area contributed by atoms with Gasteiger partial charge in [-0.1, -0.05) is 12.8 Å². The summed E-state index contributed by atoms with van der Waals surface area (Å²) in [5.41, 5.74) is 5.66. The van der Waals surface area contributed by atoms with Crippen molar-refractivity contribution < 1.29 is 5.11 Å². The Bertz CT molecular complexity index is 283. The van der Waals surface area contributed by atoms with E-state index in [0.29, 0.717) is 12.4 Å². The minimum Gasteiger partial charge on any atom is -0.396 e. The molecule has 0 bridgehead atoms. The van der Waals surface area contributed by atoms with Crippen molar-refractivity contribution in [3.05, 3.63) is 12.4 Å². The van der Waals surface area contributed by atoms with Gasteiger partial charge in [-0.15, -0.1) is 11.8 Å². The number of hydrogen-bond acceptors (Lipinski definition) is 5. The Labute approximate surface area is 94.3 Å². The van der Waals surface area contributed by atoms with Crippen LogP contribution in [0.5, 0.6) is 0 Å². The zero-order chi connectivity index (χ0) is 10.9. The molecule has 0 aliphatic rings. The lowest BCUT2D eigenvalue weighted by atomic mass is 10.2. The third-order valence-electron chi connectivity index (χ3n) is 1.98. The topological polar surface area (TPSA) is 72.0 Å². The summed E-state index contributed by atoms with van der Waals surface area (Å²) in [7, 11) is 0. The average Bonchev–Trinajstić information content (AvgIpc) is 2.25. The highest BCUT2D eigenvalue weighted by Gasteiger charge is 2.00. The van der Waals surface area contributed by atoms with Crippen molar-refractivity contribution in [3.63, 3.8) is 0 Å². The number of unbranched alkanes of at least 4 members (excludes halogenated alkanes) is 3. The van der Waals surface area contributed by atoms with E-state index in [1.165, 1.54) is 0 Å². The van der Waals surface area contributed by atoms with Gasteiger partial charge >= 0.3 is 0 Å². The van der Waals surface area contributed by atoms with E-state index in [2.05, 4.69) is 9.97 Å². The summed E-state index contributed by atoms with van der Waals surface area (Å²) in [4.78, 5) is 8.12. The average molecular weight is 227 g/mol. The predicted molar refractivity (Wildman–Crippen MR) is 62.7 cm³/mol. The first-order valence-electron chi connectivity index (χ1n) is 5.14. The molecule has 0 aromatic carbocycles. The van der Waals surface area contributed by atoms with Crippen molar-refractivity contribution in [2.75, 3.05) is 18.1 Å². The molecule has 0 aliphatic carbocycles. The lowest BCUT2D eigenvalue weighted by Gasteiger charge is -2.02. The number of rotatable bonds is 7. The standard InChI is InChI=1S/C10H17N3OS/c11-9-10(13-6-5-12-9)15-8-4-2-1-3-7-14/h5-6,14H,1-4,7-8H2,(H2,11,12). The van der Waals surface area contributed by atoms with Crippen molar-refractivity contribution in [1.29, 1.82) is 0 Å². The molecule has 1 rings (SSSR count). The Morgan fingerprint density at radius 3 is 2.60 bits per heavy atom. The molecular weight excluding hydrogens is 210 g/mol. The van der Waals surface area contributed by atoms with Crippen LogP contribution in [0.2, 0.25) is 0 Å². The first-order chi connectivity index (χ1) is 7.34. The molecule has 15 heavy (non-hydrogen) atoms. The van der Waals surface area contributed by atoms with Crippen LogP contribution in [0.1, 0.15) is 25.7 Å². The van der Waals surface area contributed by atoms with E-state index < -0.39 is 0 Å². The Morgan fingerprint density at radius 2 is 1.87 bits per heavy atom. The van der Waals surface area contributed by atoms with Crippen molar-refractivity contribution in [2.45, 2.75) is 30.7 Å². The van der Waals surface area contributed by atoms with Gasteiger partial charge in [0, 0.05) is 19.0 Å². The van der Waals surface area contributed by atoms with Crippen molar-refractivity contribution >= 4 is 17.6 Å². The number of aliphatic hydroxyl groups is 1. The van der Waals surface area contributed by atoms with Gasteiger partial charge in [0.2, 0.25) is 0 Å². The maximum atomic E-state index is 8.60. The lowest BCUT2D eigenvalue weighted by Crippen LogP contribution is -1.95. The zero-order valence-corrected chi connectivity index (χ0v) is 9.54. The molecular formula is C10H17N3OS. The number of hydrogen-bond donors (Lipinski definition) is 2. The van der Waals surface area contributed by atoms with Gasteiger partial charge in [-0.2, -0.15) is 0 Å². The molecule has 0 unspecified atom stereocenters. The van der Waals surface area contributed by atoms with Gasteiger partial charge in [-0.25, -0.2) is 9.97 Å². The van der Waals surface area contributed by atoms with Crippen LogP contribution in [0.3, 0.4) is 0 Å². The Morgan fingerprint density at radius 1 is 1.13 bits per heavy atom. The van der Waals surface area contributed by atoms with E-state index in [1.807, 2.05) is 0 Å². The minimum absolute atomic E-state index is 0.296. The summed E-state index contributed by atoms with van der Waals surface area (Å²) in [6.45, 7) is 0.296. The SMILES string of the molecule is Nc1nccnc1SCCCCCCO. The van der Waals surface area contributed by atoms with E-state index >= 15 is 0 Å². The van der Waals surface area contributed by atoms with Gasteiger partial charge < -0.3 is 10.8 Å². The number of aromatic nitrogens is 2. The molecule has 5 heteroatoms. The molecule has 1 aromatic heterocycles. The summed E-state index contributed by atoms with van der Waals surface area (Å²) >= 11 is 1.64. The summed E-state index contributed by atoms with van der Waals surface area (Å²) < 4.78 is 0. The highest BCUT2D eigenvalue weighted by atomic mass is 32.2. The second-order valence-electron chi connectivity index (χ2n) is 3.23. The van der Waals surface area contributed by atoms with Crippen molar-refractivity contribution in [1.82, 2.24) is 9.97 Å². The molecule has 84 valence electrons. The van der Waals surface area contributed by atoms with Crippen LogP contribution >= 0.6 is 11.8 Å². The maximum Gasteiger partial charge on any atom is 0.156 e. The molecule has 0 aliphatic heterocycles. The summed E-state index contributed by atoms with van der Waals surface area (Å²) in [6.07, 6.45) is 7.52.